The molecule has 1 amide bonds. The molecule has 0 saturated heterocycles. The number of hydrogen-bond acceptors (Lipinski definition) is 7. The number of amides is 1. The largest absolute Gasteiger partial charge is 0.493 e. The molecule has 0 fully saturated rings. The summed E-state index contributed by atoms with van der Waals surface area (Å²) in [5.74, 6) is -0.979. The Bertz CT molecular complexity index is 975. The van der Waals surface area contributed by atoms with Crippen molar-refractivity contribution >= 4 is 23.3 Å². The molecule has 9 heteroatoms. The van der Waals surface area contributed by atoms with E-state index in [9.17, 15) is 14.0 Å². The monoisotopic (exact) mass is 402 g/mol. The Balaban J connectivity index is 1.79. The van der Waals surface area contributed by atoms with Gasteiger partial charge in [0.15, 0.2) is 11.5 Å². The SMILES string of the molecule is COC(=O)c1cc(OC)c(OC)cc1NC(=O)C1CC(c2cccc(F)c2)=NO1. The Hall–Kier alpha value is -3.62. The lowest BCUT2D eigenvalue weighted by atomic mass is 10.0. The minimum atomic E-state index is -0.938. The van der Waals surface area contributed by atoms with Crippen LogP contribution in [0.4, 0.5) is 10.1 Å². The minimum Gasteiger partial charge on any atom is -0.493 e. The molecule has 152 valence electrons. The summed E-state index contributed by atoms with van der Waals surface area (Å²) in [5, 5.41) is 6.51. The molecule has 1 N–H and O–H groups in total. The molecule has 1 aliphatic heterocycles. The maximum absolute atomic E-state index is 13.4. The summed E-state index contributed by atoms with van der Waals surface area (Å²) in [6.07, 6.45) is -0.789. The Kier molecular flexibility index (Phi) is 5.96. The average Bonchev–Trinajstić information content (AvgIpc) is 3.23. The number of nitrogens with zero attached hydrogens (tertiary/aromatic N) is 1. The zero-order valence-electron chi connectivity index (χ0n) is 16.0. The highest BCUT2D eigenvalue weighted by atomic mass is 19.1. The highest BCUT2D eigenvalue weighted by molar-refractivity contribution is 6.08. The van der Waals surface area contributed by atoms with Crippen LogP contribution in [0, 0.1) is 5.82 Å². The molecule has 2 aromatic carbocycles. The first-order valence-corrected chi connectivity index (χ1v) is 8.60. The molecule has 0 bridgehead atoms. The third-order valence-corrected chi connectivity index (χ3v) is 4.31. The number of methoxy groups -OCH3 is 3. The number of hydrogen-bond donors (Lipinski definition) is 1. The fourth-order valence-electron chi connectivity index (χ4n) is 2.83. The predicted molar refractivity (Wildman–Crippen MR) is 102 cm³/mol. The van der Waals surface area contributed by atoms with Crippen LogP contribution in [0.5, 0.6) is 11.5 Å². The highest BCUT2D eigenvalue weighted by Crippen LogP contribution is 2.34. The van der Waals surface area contributed by atoms with Crippen LogP contribution >= 0.6 is 0 Å². The second-order valence-corrected chi connectivity index (χ2v) is 6.08. The van der Waals surface area contributed by atoms with Crippen molar-refractivity contribution in [3.63, 3.8) is 0 Å². The molecule has 1 aliphatic rings. The van der Waals surface area contributed by atoms with E-state index in [0.29, 0.717) is 22.8 Å². The first kappa shape index (κ1) is 20.1. The molecule has 0 radical (unpaired) electrons. The lowest BCUT2D eigenvalue weighted by molar-refractivity contribution is -0.125. The first-order chi connectivity index (χ1) is 14.0. The molecular formula is C20H19FN2O6. The van der Waals surface area contributed by atoms with E-state index >= 15 is 0 Å². The summed E-state index contributed by atoms with van der Waals surface area (Å²) < 4.78 is 28.6. The topological polar surface area (TPSA) is 95.5 Å². The number of esters is 1. The Morgan fingerprint density at radius 1 is 1.14 bits per heavy atom. The van der Waals surface area contributed by atoms with Crippen molar-refractivity contribution < 1.29 is 33.0 Å². The van der Waals surface area contributed by atoms with E-state index < -0.39 is 23.8 Å². The summed E-state index contributed by atoms with van der Waals surface area (Å²) in [6, 6.07) is 8.71. The van der Waals surface area contributed by atoms with Gasteiger partial charge < -0.3 is 24.4 Å². The molecule has 1 atom stereocenters. The van der Waals surface area contributed by atoms with Crippen LogP contribution in [0.3, 0.4) is 0 Å². The number of anilines is 1. The van der Waals surface area contributed by atoms with Crippen molar-refractivity contribution in [2.75, 3.05) is 26.6 Å². The maximum Gasteiger partial charge on any atom is 0.340 e. The maximum atomic E-state index is 13.4. The van der Waals surface area contributed by atoms with E-state index in [0.717, 1.165) is 0 Å². The quantitative estimate of drug-likeness (QED) is 0.747. The van der Waals surface area contributed by atoms with Gasteiger partial charge in [-0.15, -0.1) is 0 Å². The van der Waals surface area contributed by atoms with Crippen molar-refractivity contribution in [1.29, 1.82) is 0 Å². The molecule has 0 saturated carbocycles. The number of halogens is 1. The van der Waals surface area contributed by atoms with Crippen LogP contribution < -0.4 is 14.8 Å². The number of carbonyl (C=O) groups excluding carboxylic acids is 2. The Labute approximate surface area is 166 Å². The van der Waals surface area contributed by atoms with E-state index in [1.807, 2.05) is 0 Å². The van der Waals surface area contributed by atoms with Gasteiger partial charge in [-0.2, -0.15) is 0 Å². The van der Waals surface area contributed by atoms with Crippen LogP contribution in [-0.4, -0.2) is 45.0 Å². The number of benzene rings is 2. The third kappa shape index (κ3) is 4.29. The van der Waals surface area contributed by atoms with Crippen molar-refractivity contribution in [3.8, 4) is 11.5 Å². The second-order valence-electron chi connectivity index (χ2n) is 6.08. The molecule has 0 aliphatic carbocycles. The summed E-state index contributed by atoms with van der Waals surface area (Å²) in [5.41, 5.74) is 1.23. The number of oxime groups is 1. The van der Waals surface area contributed by atoms with Crippen LogP contribution in [0.25, 0.3) is 0 Å². The van der Waals surface area contributed by atoms with E-state index in [1.54, 1.807) is 12.1 Å². The Morgan fingerprint density at radius 3 is 2.52 bits per heavy atom. The van der Waals surface area contributed by atoms with Gasteiger partial charge in [-0.1, -0.05) is 17.3 Å². The normalized spacial score (nSPS) is 15.2. The molecule has 0 aromatic heterocycles. The first-order valence-electron chi connectivity index (χ1n) is 8.60. The van der Waals surface area contributed by atoms with E-state index in [1.165, 1.54) is 45.6 Å². The second kappa shape index (κ2) is 8.59. The van der Waals surface area contributed by atoms with Gasteiger partial charge in [0.1, 0.15) is 5.82 Å². The van der Waals surface area contributed by atoms with Crippen molar-refractivity contribution in [2.24, 2.45) is 5.16 Å². The van der Waals surface area contributed by atoms with Crippen molar-refractivity contribution in [3.05, 3.63) is 53.3 Å². The van der Waals surface area contributed by atoms with Crippen molar-refractivity contribution in [2.45, 2.75) is 12.5 Å². The van der Waals surface area contributed by atoms with Gasteiger partial charge in [0.2, 0.25) is 6.10 Å². The number of ether oxygens (including phenoxy) is 3. The zero-order chi connectivity index (χ0) is 21.0. The number of carbonyl (C=O) groups is 2. The molecule has 1 heterocycles. The van der Waals surface area contributed by atoms with E-state index in [-0.39, 0.29) is 17.7 Å². The summed E-state index contributed by atoms with van der Waals surface area (Å²) >= 11 is 0. The lowest BCUT2D eigenvalue weighted by Crippen LogP contribution is -2.29. The average molecular weight is 402 g/mol. The molecule has 29 heavy (non-hydrogen) atoms. The molecule has 8 nitrogen and oxygen atoms in total. The van der Waals surface area contributed by atoms with Crippen LogP contribution in [0.1, 0.15) is 22.3 Å². The summed E-state index contributed by atoms with van der Waals surface area (Å²) in [4.78, 5) is 30.0. The zero-order valence-corrected chi connectivity index (χ0v) is 16.0. The third-order valence-electron chi connectivity index (χ3n) is 4.31. The number of rotatable bonds is 6. The molecule has 3 rings (SSSR count). The van der Waals surface area contributed by atoms with Crippen LogP contribution in [-0.2, 0) is 14.4 Å². The molecular weight excluding hydrogens is 383 g/mol. The summed E-state index contributed by atoms with van der Waals surface area (Å²) in [6.45, 7) is 0. The molecule has 0 spiro atoms. The van der Waals surface area contributed by atoms with Gasteiger partial charge in [0.05, 0.1) is 38.3 Å². The fourth-order valence-corrected chi connectivity index (χ4v) is 2.83. The van der Waals surface area contributed by atoms with Gasteiger partial charge in [-0.3, -0.25) is 4.79 Å². The van der Waals surface area contributed by atoms with Gasteiger partial charge in [-0.05, 0) is 12.1 Å². The van der Waals surface area contributed by atoms with E-state index in [4.69, 9.17) is 19.0 Å². The van der Waals surface area contributed by atoms with Gasteiger partial charge in [0, 0.05) is 24.1 Å². The predicted octanol–water partition coefficient (Wildman–Crippen LogP) is 2.76. The highest BCUT2D eigenvalue weighted by Gasteiger charge is 2.30. The van der Waals surface area contributed by atoms with E-state index in [2.05, 4.69) is 10.5 Å². The molecule has 1 unspecified atom stereocenters. The fraction of sp³-hybridized carbons (Fsp3) is 0.250. The van der Waals surface area contributed by atoms with Crippen LogP contribution in [0.15, 0.2) is 41.6 Å². The molecule has 2 aromatic rings. The summed E-state index contributed by atoms with van der Waals surface area (Å²) in [7, 11) is 4.08. The smallest absolute Gasteiger partial charge is 0.340 e. The van der Waals surface area contributed by atoms with Gasteiger partial charge in [0.25, 0.3) is 5.91 Å². The minimum absolute atomic E-state index is 0.0859. The standard InChI is InChI=1S/C20H19FN2O6/c1-26-16-8-13(20(25)28-3)15(10-17(16)27-2)22-19(24)18-9-14(23-29-18)11-5-4-6-12(21)7-11/h4-8,10,18H,9H2,1-3H3,(H,22,24). The van der Waals surface area contributed by atoms with Crippen LogP contribution in [0.2, 0.25) is 0 Å². The Morgan fingerprint density at radius 2 is 1.86 bits per heavy atom. The van der Waals surface area contributed by atoms with Gasteiger partial charge in [-0.25, -0.2) is 9.18 Å². The lowest BCUT2D eigenvalue weighted by Gasteiger charge is -2.16. The van der Waals surface area contributed by atoms with Gasteiger partial charge >= 0.3 is 5.97 Å². The van der Waals surface area contributed by atoms with Crippen molar-refractivity contribution in [1.82, 2.24) is 0 Å². The number of nitrogens with one attached hydrogen (secondary N) is 1.